The zero-order valence-electron chi connectivity index (χ0n) is 11.4. The molecule has 2 heteroatoms. The summed E-state index contributed by atoms with van der Waals surface area (Å²) in [6.07, 6.45) is 18.9. The molecule has 2 rings (SSSR count). The first-order valence-corrected chi connectivity index (χ1v) is 7.47. The molecule has 0 saturated carbocycles. The first kappa shape index (κ1) is 13.5. The minimum Gasteiger partial charge on any atom is -0.316 e. The molecule has 2 nitrogen and oxygen atoms in total. The van der Waals surface area contributed by atoms with E-state index in [0.717, 1.165) is 32.0 Å². The zero-order valence-corrected chi connectivity index (χ0v) is 11.4. The Morgan fingerprint density at radius 2 is 2.06 bits per heavy atom. The number of hydrogen-bond donors (Lipinski definition) is 1. The van der Waals surface area contributed by atoms with Crippen LogP contribution in [0.3, 0.4) is 0 Å². The summed E-state index contributed by atoms with van der Waals surface area (Å²) in [5.41, 5.74) is 0. The van der Waals surface area contributed by atoms with Crippen LogP contribution in [0.5, 0.6) is 0 Å². The van der Waals surface area contributed by atoms with Gasteiger partial charge in [0.25, 0.3) is 0 Å². The van der Waals surface area contributed by atoms with Gasteiger partial charge in [-0.15, -0.1) is 0 Å². The van der Waals surface area contributed by atoms with Crippen molar-refractivity contribution in [2.75, 3.05) is 19.6 Å². The Morgan fingerprint density at radius 1 is 1.06 bits per heavy atom. The molecule has 2 unspecified atom stereocenters. The predicted molar refractivity (Wildman–Crippen MR) is 79.2 cm³/mol. The van der Waals surface area contributed by atoms with Gasteiger partial charge in [0.15, 0.2) is 0 Å². The molecule has 2 aliphatic rings. The van der Waals surface area contributed by atoms with E-state index in [0.29, 0.717) is 5.92 Å². The van der Waals surface area contributed by atoms with Gasteiger partial charge in [-0.05, 0) is 69.7 Å². The summed E-state index contributed by atoms with van der Waals surface area (Å²) >= 11 is 0. The second-order valence-electron chi connectivity index (χ2n) is 5.36. The Bertz CT molecular complexity index is 304. The average molecular weight is 246 g/mol. The predicted octanol–water partition coefficient (Wildman–Crippen LogP) is 3.36. The molecule has 0 amide bonds. The fourth-order valence-corrected chi connectivity index (χ4v) is 2.78. The maximum absolute atomic E-state index is 4.46. The lowest BCUT2D eigenvalue weighted by Crippen LogP contribution is -2.29. The van der Waals surface area contributed by atoms with Crippen molar-refractivity contribution in [2.45, 2.75) is 38.5 Å². The quantitative estimate of drug-likeness (QED) is 0.705. The largest absolute Gasteiger partial charge is 0.316 e. The Kier molecular flexibility index (Phi) is 6.21. The van der Waals surface area contributed by atoms with E-state index >= 15 is 0 Å². The van der Waals surface area contributed by atoms with E-state index in [9.17, 15) is 0 Å². The minimum atomic E-state index is 0.713. The number of rotatable bonds is 1. The summed E-state index contributed by atoms with van der Waals surface area (Å²) in [7, 11) is 0. The van der Waals surface area contributed by atoms with Gasteiger partial charge >= 0.3 is 0 Å². The molecule has 0 fully saturated rings. The van der Waals surface area contributed by atoms with Crippen molar-refractivity contribution in [1.29, 1.82) is 0 Å². The van der Waals surface area contributed by atoms with Crippen molar-refractivity contribution in [3.05, 3.63) is 24.3 Å². The van der Waals surface area contributed by atoms with E-state index in [1.54, 1.807) is 0 Å². The van der Waals surface area contributed by atoms with Crippen molar-refractivity contribution < 1.29 is 0 Å². The fraction of sp³-hybridized carbons (Fsp3) is 0.688. The molecular weight excluding hydrogens is 220 g/mol. The highest BCUT2D eigenvalue weighted by Crippen LogP contribution is 2.24. The van der Waals surface area contributed by atoms with E-state index in [2.05, 4.69) is 40.8 Å². The van der Waals surface area contributed by atoms with E-state index in [-0.39, 0.29) is 0 Å². The number of nitrogens with one attached hydrogen (secondary N) is 1. The molecule has 1 N–H and O–H groups in total. The topological polar surface area (TPSA) is 24.4 Å². The summed E-state index contributed by atoms with van der Waals surface area (Å²) in [6.45, 7) is 3.30. The van der Waals surface area contributed by atoms with Crippen LogP contribution in [0.1, 0.15) is 38.5 Å². The van der Waals surface area contributed by atoms with Gasteiger partial charge in [0.05, 0.1) is 0 Å². The lowest BCUT2D eigenvalue weighted by molar-refractivity contribution is 0.358. The smallest absolute Gasteiger partial charge is 0.0388 e. The summed E-state index contributed by atoms with van der Waals surface area (Å²) in [6, 6.07) is 0. The summed E-state index contributed by atoms with van der Waals surface area (Å²) in [5.74, 6) is 1.47. The van der Waals surface area contributed by atoms with Crippen LogP contribution in [0, 0.1) is 11.8 Å². The Labute approximate surface area is 111 Å². The fourth-order valence-electron chi connectivity index (χ4n) is 2.78. The Hall–Kier alpha value is -0.890. The number of nitrogens with zero attached hydrogens (tertiary/aromatic N) is 1. The number of hydrogen-bond acceptors (Lipinski definition) is 2. The Balaban J connectivity index is 1.95. The van der Waals surface area contributed by atoms with Crippen LogP contribution in [-0.2, 0) is 0 Å². The van der Waals surface area contributed by atoms with Crippen molar-refractivity contribution >= 4 is 6.21 Å². The van der Waals surface area contributed by atoms with Crippen LogP contribution < -0.4 is 5.32 Å². The minimum absolute atomic E-state index is 0.713. The van der Waals surface area contributed by atoms with Crippen molar-refractivity contribution in [3.63, 3.8) is 0 Å². The summed E-state index contributed by atoms with van der Waals surface area (Å²) in [5, 5.41) is 3.58. The van der Waals surface area contributed by atoms with Crippen molar-refractivity contribution in [1.82, 2.24) is 5.32 Å². The van der Waals surface area contributed by atoms with Crippen molar-refractivity contribution in [3.8, 4) is 0 Å². The second kappa shape index (κ2) is 8.25. The molecule has 0 saturated heterocycles. The van der Waals surface area contributed by atoms with Crippen LogP contribution in [0.15, 0.2) is 29.3 Å². The van der Waals surface area contributed by atoms with Crippen LogP contribution in [0.2, 0.25) is 0 Å². The lowest BCUT2D eigenvalue weighted by Gasteiger charge is -2.25. The molecule has 2 heterocycles. The number of allylic oxidation sites excluding steroid dienone is 3. The van der Waals surface area contributed by atoms with E-state index in [1.165, 1.54) is 32.1 Å². The van der Waals surface area contributed by atoms with Gasteiger partial charge in [-0.3, -0.25) is 4.99 Å². The highest BCUT2D eigenvalue weighted by atomic mass is 14.9. The monoisotopic (exact) mass is 246 g/mol. The van der Waals surface area contributed by atoms with Gasteiger partial charge in [-0.1, -0.05) is 24.3 Å². The van der Waals surface area contributed by atoms with Gasteiger partial charge in [-0.25, -0.2) is 0 Å². The average Bonchev–Trinajstić information content (AvgIpc) is 2.36. The normalized spacial score (nSPS) is 36.0. The second-order valence-corrected chi connectivity index (χ2v) is 5.36. The van der Waals surface area contributed by atoms with Gasteiger partial charge in [-0.2, -0.15) is 0 Å². The molecule has 0 bridgehead atoms. The highest BCUT2D eigenvalue weighted by molar-refractivity contribution is 5.57. The standard InChI is InChI=1S/C16H26N2/c1-3-8-15(10-7-13-17-11-5-1)16-9-4-2-6-12-18-14-16/h2-4,8,13,15-16,18H,1,5-7,9-12,14H2/b4-2-,8-3-,17-13+. The summed E-state index contributed by atoms with van der Waals surface area (Å²) < 4.78 is 0. The van der Waals surface area contributed by atoms with Crippen LogP contribution >= 0.6 is 0 Å². The van der Waals surface area contributed by atoms with Crippen molar-refractivity contribution in [2.24, 2.45) is 16.8 Å². The van der Waals surface area contributed by atoms with E-state index < -0.39 is 0 Å². The van der Waals surface area contributed by atoms with Crippen LogP contribution in [0.25, 0.3) is 0 Å². The molecule has 0 aliphatic carbocycles. The molecule has 0 aromatic rings. The van der Waals surface area contributed by atoms with Crippen LogP contribution in [0.4, 0.5) is 0 Å². The van der Waals surface area contributed by atoms with Crippen LogP contribution in [-0.4, -0.2) is 25.8 Å². The highest BCUT2D eigenvalue weighted by Gasteiger charge is 2.18. The first-order valence-electron chi connectivity index (χ1n) is 7.47. The molecule has 0 radical (unpaired) electrons. The third-order valence-electron chi connectivity index (χ3n) is 3.90. The number of aliphatic imine (C=N–C) groups is 1. The maximum atomic E-state index is 4.46. The third-order valence-corrected chi connectivity index (χ3v) is 3.90. The molecule has 2 aliphatic heterocycles. The lowest BCUT2D eigenvalue weighted by atomic mass is 9.84. The molecule has 18 heavy (non-hydrogen) atoms. The molecular formula is C16H26N2. The van der Waals surface area contributed by atoms with Gasteiger partial charge in [0, 0.05) is 6.54 Å². The first-order chi connectivity index (χ1) is 8.97. The van der Waals surface area contributed by atoms with Gasteiger partial charge < -0.3 is 5.32 Å². The van der Waals surface area contributed by atoms with E-state index in [4.69, 9.17) is 0 Å². The Morgan fingerprint density at radius 3 is 3.06 bits per heavy atom. The van der Waals surface area contributed by atoms with Gasteiger partial charge in [0.2, 0.25) is 0 Å². The molecule has 100 valence electrons. The van der Waals surface area contributed by atoms with Gasteiger partial charge in [0.1, 0.15) is 0 Å². The van der Waals surface area contributed by atoms with E-state index in [1.807, 2.05) is 0 Å². The molecule has 0 aromatic heterocycles. The maximum Gasteiger partial charge on any atom is 0.0388 e. The summed E-state index contributed by atoms with van der Waals surface area (Å²) in [4.78, 5) is 4.46. The SMILES string of the molecule is C1=C\C(C2C/C=C\CCNC2)CC/C=N/CCC/1. The molecule has 0 spiro atoms. The molecule has 2 atom stereocenters. The third kappa shape index (κ3) is 4.77. The molecule has 0 aromatic carbocycles. The zero-order chi connectivity index (χ0) is 12.5.